The van der Waals surface area contributed by atoms with Crippen LogP contribution < -0.4 is 14.8 Å². The van der Waals surface area contributed by atoms with Crippen LogP contribution in [0.2, 0.25) is 0 Å². The number of urea groups is 1. The second-order valence-electron chi connectivity index (χ2n) is 5.59. The normalized spacial score (nSPS) is 19.7. The number of anilines is 1. The Hall–Kier alpha value is -1.99. The first-order valence-electron chi connectivity index (χ1n) is 7.72. The van der Waals surface area contributed by atoms with Crippen molar-refractivity contribution < 1.29 is 23.7 Å². The fraction of sp³-hybridized carbons (Fsp3) is 0.562. The van der Waals surface area contributed by atoms with Gasteiger partial charge in [0.05, 0.1) is 33.1 Å². The van der Waals surface area contributed by atoms with Crippen molar-refractivity contribution in [2.24, 2.45) is 0 Å². The molecule has 7 heteroatoms. The van der Waals surface area contributed by atoms with Gasteiger partial charge in [-0.3, -0.25) is 0 Å². The Kier molecular flexibility index (Phi) is 4.58. The van der Waals surface area contributed by atoms with Gasteiger partial charge in [-0.25, -0.2) is 4.79 Å². The number of ether oxygens (including phenoxy) is 4. The lowest BCUT2D eigenvalue weighted by Crippen LogP contribution is -2.48. The summed E-state index contributed by atoms with van der Waals surface area (Å²) in [6.45, 7) is 2.46. The van der Waals surface area contributed by atoms with Crippen molar-refractivity contribution in [1.29, 1.82) is 0 Å². The van der Waals surface area contributed by atoms with Gasteiger partial charge in [0.25, 0.3) is 0 Å². The average molecular weight is 322 g/mol. The van der Waals surface area contributed by atoms with Crippen LogP contribution >= 0.6 is 0 Å². The fourth-order valence-electron chi connectivity index (χ4n) is 2.94. The molecule has 23 heavy (non-hydrogen) atoms. The van der Waals surface area contributed by atoms with Crippen molar-refractivity contribution in [1.82, 2.24) is 4.90 Å². The maximum Gasteiger partial charge on any atom is 0.321 e. The Bertz CT molecular complexity index is 562. The maximum absolute atomic E-state index is 12.5. The van der Waals surface area contributed by atoms with Crippen LogP contribution in [-0.4, -0.2) is 57.2 Å². The van der Waals surface area contributed by atoms with Crippen molar-refractivity contribution in [2.45, 2.75) is 18.6 Å². The number of rotatable bonds is 3. The van der Waals surface area contributed by atoms with Gasteiger partial charge >= 0.3 is 6.03 Å². The number of benzene rings is 1. The van der Waals surface area contributed by atoms with Crippen LogP contribution in [0.25, 0.3) is 0 Å². The van der Waals surface area contributed by atoms with E-state index in [2.05, 4.69) is 5.32 Å². The van der Waals surface area contributed by atoms with Crippen molar-refractivity contribution >= 4 is 11.7 Å². The molecule has 2 fully saturated rings. The third kappa shape index (κ3) is 3.35. The van der Waals surface area contributed by atoms with E-state index in [1.165, 1.54) is 0 Å². The van der Waals surface area contributed by atoms with Crippen LogP contribution in [-0.2, 0) is 9.47 Å². The molecule has 126 valence electrons. The fourth-order valence-corrected chi connectivity index (χ4v) is 2.94. The third-order valence-corrected chi connectivity index (χ3v) is 4.27. The molecule has 1 spiro atoms. The molecular formula is C16H22N2O5. The van der Waals surface area contributed by atoms with Gasteiger partial charge in [-0.2, -0.15) is 0 Å². The summed E-state index contributed by atoms with van der Waals surface area (Å²) in [6.07, 6.45) is 1.38. The minimum Gasteiger partial charge on any atom is -0.497 e. The number of nitrogens with zero attached hydrogens (tertiary/aromatic N) is 1. The predicted molar refractivity (Wildman–Crippen MR) is 84.0 cm³/mol. The van der Waals surface area contributed by atoms with Crippen LogP contribution in [0, 0.1) is 0 Å². The van der Waals surface area contributed by atoms with Gasteiger partial charge in [0.2, 0.25) is 0 Å². The SMILES string of the molecule is COc1ccc(OC)c(NC(=O)N2CCC3(CC2)OCCO3)c1. The third-order valence-electron chi connectivity index (χ3n) is 4.27. The number of amides is 2. The van der Waals surface area contributed by atoms with Crippen LogP contribution in [0.5, 0.6) is 11.5 Å². The Morgan fingerprint density at radius 1 is 1.17 bits per heavy atom. The number of carbonyl (C=O) groups is 1. The van der Waals surface area contributed by atoms with E-state index in [1.807, 2.05) is 0 Å². The minimum atomic E-state index is -0.482. The summed E-state index contributed by atoms with van der Waals surface area (Å²) in [5, 5.41) is 2.89. The molecule has 0 saturated carbocycles. The second-order valence-corrected chi connectivity index (χ2v) is 5.59. The van der Waals surface area contributed by atoms with Crippen molar-refractivity contribution in [3.8, 4) is 11.5 Å². The number of hydrogen-bond donors (Lipinski definition) is 1. The quantitative estimate of drug-likeness (QED) is 0.922. The Labute approximate surface area is 135 Å². The van der Waals surface area contributed by atoms with Crippen LogP contribution in [0.3, 0.4) is 0 Å². The maximum atomic E-state index is 12.5. The molecule has 0 aromatic heterocycles. The molecule has 2 saturated heterocycles. The number of nitrogens with one attached hydrogen (secondary N) is 1. The van der Waals surface area contributed by atoms with Crippen LogP contribution in [0.15, 0.2) is 18.2 Å². The topological polar surface area (TPSA) is 69.3 Å². The van der Waals surface area contributed by atoms with Gasteiger partial charge in [0, 0.05) is 32.0 Å². The molecule has 1 aromatic carbocycles. The predicted octanol–water partition coefficient (Wildman–Crippen LogP) is 2.07. The summed E-state index contributed by atoms with van der Waals surface area (Å²) in [5.41, 5.74) is 0.588. The number of hydrogen-bond acceptors (Lipinski definition) is 5. The van der Waals surface area contributed by atoms with Crippen LogP contribution in [0.4, 0.5) is 10.5 Å². The van der Waals surface area contributed by atoms with E-state index in [-0.39, 0.29) is 6.03 Å². The monoisotopic (exact) mass is 322 g/mol. The summed E-state index contributed by atoms with van der Waals surface area (Å²) in [5.74, 6) is 0.770. The molecule has 1 N–H and O–H groups in total. The van der Waals surface area contributed by atoms with Gasteiger partial charge < -0.3 is 29.2 Å². The molecule has 0 aliphatic carbocycles. The lowest BCUT2D eigenvalue weighted by molar-refractivity contribution is -0.181. The molecule has 0 unspecified atom stereocenters. The average Bonchev–Trinajstić information content (AvgIpc) is 3.03. The van der Waals surface area contributed by atoms with E-state index in [1.54, 1.807) is 37.3 Å². The molecule has 2 aliphatic heterocycles. The summed E-state index contributed by atoms with van der Waals surface area (Å²) in [6, 6.07) is 5.13. The smallest absolute Gasteiger partial charge is 0.321 e. The highest BCUT2D eigenvalue weighted by atomic mass is 16.7. The zero-order valence-electron chi connectivity index (χ0n) is 13.5. The van der Waals surface area contributed by atoms with E-state index in [9.17, 15) is 4.79 Å². The molecule has 3 rings (SSSR count). The van der Waals surface area contributed by atoms with E-state index in [4.69, 9.17) is 18.9 Å². The van der Waals surface area contributed by atoms with Crippen molar-refractivity contribution in [3.63, 3.8) is 0 Å². The molecule has 1 aromatic rings. The standard InChI is InChI=1S/C16H22N2O5/c1-20-12-3-4-14(21-2)13(11-12)17-15(19)18-7-5-16(6-8-18)22-9-10-23-16/h3-4,11H,5-10H2,1-2H3,(H,17,19). The molecular weight excluding hydrogens is 300 g/mol. The molecule has 7 nitrogen and oxygen atoms in total. The van der Waals surface area contributed by atoms with Gasteiger partial charge in [-0.15, -0.1) is 0 Å². The highest BCUT2D eigenvalue weighted by Gasteiger charge is 2.40. The van der Waals surface area contributed by atoms with E-state index < -0.39 is 5.79 Å². The Balaban J connectivity index is 1.63. The first-order valence-corrected chi connectivity index (χ1v) is 7.72. The first-order chi connectivity index (χ1) is 11.2. The first kappa shape index (κ1) is 15.9. The zero-order chi connectivity index (χ0) is 16.3. The van der Waals surface area contributed by atoms with E-state index >= 15 is 0 Å². The zero-order valence-corrected chi connectivity index (χ0v) is 13.5. The number of likely N-dealkylation sites (tertiary alicyclic amines) is 1. The minimum absolute atomic E-state index is 0.163. The number of carbonyl (C=O) groups excluding carboxylic acids is 1. The molecule has 2 heterocycles. The molecule has 0 radical (unpaired) electrons. The Morgan fingerprint density at radius 2 is 1.87 bits per heavy atom. The lowest BCUT2D eigenvalue weighted by Gasteiger charge is -2.37. The highest BCUT2D eigenvalue weighted by Crippen LogP contribution is 2.32. The van der Waals surface area contributed by atoms with Gasteiger partial charge in [0.15, 0.2) is 5.79 Å². The largest absolute Gasteiger partial charge is 0.497 e. The number of methoxy groups -OCH3 is 2. The molecule has 0 atom stereocenters. The van der Waals surface area contributed by atoms with E-state index in [0.29, 0.717) is 56.3 Å². The van der Waals surface area contributed by atoms with Crippen molar-refractivity contribution in [2.75, 3.05) is 45.8 Å². The van der Waals surface area contributed by atoms with Crippen LogP contribution in [0.1, 0.15) is 12.8 Å². The van der Waals surface area contributed by atoms with E-state index in [0.717, 1.165) is 0 Å². The summed E-state index contributed by atoms with van der Waals surface area (Å²) >= 11 is 0. The van der Waals surface area contributed by atoms with Gasteiger partial charge in [-0.1, -0.05) is 0 Å². The lowest BCUT2D eigenvalue weighted by atomic mass is 10.0. The molecule has 0 bridgehead atoms. The Morgan fingerprint density at radius 3 is 2.48 bits per heavy atom. The summed E-state index contributed by atoms with van der Waals surface area (Å²) in [4.78, 5) is 14.2. The number of piperidine rings is 1. The summed E-state index contributed by atoms with van der Waals surface area (Å²) in [7, 11) is 3.15. The van der Waals surface area contributed by atoms with Gasteiger partial charge in [0.1, 0.15) is 11.5 Å². The molecule has 2 aliphatic rings. The van der Waals surface area contributed by atoms with Gasteiger partial charge in [-0.05, 0) is 12.1 Å². The second kappa shape index (κ2) is 6.64. The molecule has 2 amide bonds. The van der Waals surface area contributed by atoms with Crippen molar-refractivity contribution in [3.05, 3.63) is 18.2 Å². The summed E-state index contributed by atoms with van der Waals surface area (Å²) < 4.78 is 21.8. The highest BCUT2D eigenvalue weighted by molar-refractivity contribution is 5.91.